The zero-order valence-electron chi connectivity index (χ0n) is 11.1. The third-order valence-electron chi connectivity index (χ3n) is 3.50. The van der Waals surface area contributed by atoms with Crippen LogP contribution in [0.15, 0.2) is 12.3 Å². The number of pyridine rings is 1. The summed E-state index contributed by atoms with van der Waals surface area (Å²) in [5, 5.41) is 0. The van der Waals surface area contributed by atoms with Crippen LogP contribution in [0.5, 0.6) is 0 Å². The second kappa shape index (κ2) is 4.48. The van der Waals surface area contributed by atoms with Crippen molar-refractivity contribution in [1.29, 1.82) is 0 Å². The van der Waals surface area contributed by atoms with Crippen molar-refractivity contribution in [3.8, 4) is 0 Å². The average molecular weight is 249 g/mol. The molecule has 0 saturated carbocycles. The van der Waals surface area contributed by atoms with E-state index in [0.29, 0.717) is 11.4 Å². The van der Waals surface area contributed by atoms with Crippen molar-refractivity contribution >= 4 is 17.5 Å². The number of rotatable bonds is 2. The molecule has 0 bridgehead atoms. The van der Waals surface area contributed by atoms with E-state index in [1.807, 2.05) is 0 Å². The van der Waals surface area contributed by atoms with Crippen LogP contribution in [0.1, 0.15) is 37.0 Å². The van der Waals surface area contributed by atoms with Crippen LogP contribution in [0.2, 0.25) is 0 Å². The van der Waals surface area contributed by atoms with Crippen molar-refractivity contribution in [2.24, 2.45) is 0 Å². The lowest BCUT2D eigenvalue weighted by atomic mass is 10.0. The Bertz CT molecular complexity index is 471. The highest BCUT2D eigenvalue weighted by atomic mass is 16.5. The van der Waals surface area contributed by atoms with Gasteiger partial charge >= 0.3 is 5.97 Å². The summed E-state index contributed by atoms with van der Waals surface area (Å²) in [5.41, 5.74) is 6.97. The van der Waals surface area contributed by atoms with Crippen molar-refractivity contribution in [3.05, 3.63) is 17.8 Å². The number of hydrogen-bond donors (Lipinski definition) is 1. The van der Waals surface area contributed by atoms with E-state index in [0.717, 1.165) is 25.1 Å². The molecule has 5 heteroatoms. The Kier molecular flexibility index (Phi) is 3.15. The molecule has 0 aromatic carbocycles. The van der Waals surface area contributed by atoms with Crippen LogP contribution in [0.3, 0.4) is 0 Å². The van der Waals surface area contributed by atoms with Crippen LogP contribution < -0.4 is 10.6 Å². The van der Waals surface area contributed by atoms with Gasteiger partial charge in [0, 0.05) is 12.1 Å². The molecule has 0 aliphatic carbocycles. The normalized spacial score (nSPS) is 17.8. The summed E-state index contributed by atoms with van der Waals surface area (Å²) in [6.07, 6.45) is 3.87. The maximum absolute atomic E-state index is 11.8. The van der Waals surface area contributed by atoms with E-state index in [-0.39, 0.29) is 11.5 Å². The van der Waals surface area contributed by atoms with Crippen molar-refractivity contribution < 1.29 is 9.53 Å². The summed E-state index contributed by atoms with van der Waals surface area (Å²) in [5.74, 6) is -0.0436. The Hall–Kier alpha value is -1.78. The van der Waals surface area contributed by atoms with Gasteiger partial charge in [-0.3, -0.25) is 0 Å². The predicted molar refractivity (Wildman–Crippen MR) is 70.6 cm³/mol. The number of hydrogen-bond acceptors (Lipinski definition) is 5. The van der Waals surface area contributed by atoms with Crippen molar-refractivity contribution in [3.63, 3.8) is 0 Å². The average Bonchev–Trinajstić information content (AvgIpc) is 2.68. The SMILES string of the molecule is COC(=O)c1cc(N)ncc1N1CCCC1(C)C. The zero-order valence-corrected chi connectivity index (χ0v) is 11.1. The molecule has 2 rings (SSSR count). The number of nitrogen functional groups attached to an aromatic ring is 1. The van der Waals surface area contributed by atoms with E-state index in [4.69, 9.17) is 10.5 Å². The fourth-order valence-electron chi connectivity index (χ4n) is 2.51. The lowest BCUT2D eigenvalue weighted by molar-refractivity contribution is 0.0601. The highest BCUT2D eigenvalue weighted by molar-refractivity contribution is 5.96. The van der Waals surface area contributed by atoms with Crippen LogP contribution in [0.4, 0.5) is 11.5 Å². The maximum Gasteiger partial charge on any atom is 0.340 e. The first-order valence-corrected chi connectivity index (χ1v) is 6.07. The quantitative estimate of drug-likeness (QED) is 0.810. The van der Waals surface area contributed by atoms with E-state index < -0.39 is 0 Å². The minimum atomic E-state index is -0.373. The number of carbonyl (C=O) groups is 1. The smallest absolute Gasteiger partial charge is 0.340 e. The highest BCUT2D eigenvalue weighted by Gasteiger charge is 2.34. The Labute approximate surface area is 107 Å². The van der Waals surface area contributed by atoms with Gasteiger partial charge in [0.15, 0.2) is 0 Å². The van der Waals surface area contributed by atoms with Crippen LogP contribution in [0, 0.1) is 0 Å². The molecule has 1 aromatic rings. The maximum atomic E-state index is 11.8. The second-order valence-corrected chi connectivity index (χ2v) is 5.19. The molecule has 1 aliphatic rings. The van der Waals surface area contributed by atoms with Gasteiger partial charge in [0.05, 0.1) is 24.6 Å². The molecule has 0 unspecified atom stereocenters. The van der Waals surface area contributed by atoms with Gasteiger partial charge in [-0.1, -0.05) is 0 Å². The topological polar surface area (TPSA) is 68.5 Å². The van der Waals surface area contributed by atoms with Gasteiger partial charge in [-0.05, 0) is 32.8 Å². The lowest BCUT2D eigenvalue weighted by Crippen LogP contribution is -2.39. The van der Waals surface area contributed by atoms with Crippen LogP contribution >= 0.6 is 0 Å². The Balaban J connectivity index is 2.47. The molecular formula is C13H19N3O2. The summed E-state index contributed by atoms with van der Waals surface area (Å²) in [6, 6.07) is 1.58. The first kappa shape index (κ1) is 12.7. The van der Waals surface area contributed by atoms with E-state index in [1.165, 1.54) is 7.11 Å². The molecule has 98 valence electrons. The first-order chi connectivity index (χ1) is 8.45. The van der Waals surface area contributed by atoms with Crippen LogP contribution in [-0.2, 0) is 4.74 Å². The fraction of sp³-hybridized carbons (Fsp3) is 0.538. The van der Waals surface area contributed by atoms with Crippen molar-refractivity contribution in [1.82, 2.24) is 4.98 Å². The van der Waals surface area contributed by atoms with Crippen LogP contribution in [-0.4, -0.2) is 30.1 Å². The zero-order chi connectivity index (χ0) is 13.3. The molecule has 5 nitrogen and oxygen atoms in total. The van der Waals surface area contributed by atoms with Gasteiger partial charge in [0.2, 0.25) is 0 Å². The number of anilines is 2. The van der Waals surface area contributed by atoms with Gasteiger partial charge in [0.25, 0.3) is 0 Å². The first-order valence-electron chi connectivity index (χ1n) is 6.07. The molecule has 1 aromatic heterocycles. The van der Waals surface area contributed by atoms with E-state index in [1.54, 1.807) is 12.3 Å². The van der Waals surface area contributed by atoms with Gasteiger partial charge in [-0.15, -0.1) is 0 Å². The summed E-state index contributed by atoms with van der Waals surface area (Å²) in [4.78, 5) is 18.1. The molecule has 0 radical (unpaired) electrons. The third-order valence-corrected chi connectivity index (χ3v) is 3.50. The molecule has 1 fully saturated rings. The second-order valence-electron chi connectivity index (χ2n) is 5.19. The summed E-state index contributed by atoms with van der Waals surface area (Å²) >= 11 is 0. The summed E-state index contributed by atoms with van der Waals surface area (Å²) < 4.78 is 4.81. The molecule has 2 heterocycles. The predicted octanol–water partition coefficient (Wildman–Crippen LogP) is 1.83. The monoisotopic (exact) mass is 249 g/mol. The van der Waals surface area contributed by atoms with Gasteiger partial charge < -0.3 is 15.4 Å². The number of aromatic nitrogens is 1. The van der Waals surface area contributed by atoms with E-state index in [2.05, 4.69) is 23.7 Å². The highest BCUT2D eigenvalue weighted by Crippen LogP contribution is 2.35. The molecule has 2 N–H and O–H groups in total. The lowest BCUT2D eigenvalue weighted by Gasteiger charge is -2.34. The minimum absolute atomic E-state index is 0.0283. The van der Waals surface area contributed by atoms with Crippen molar-refractivity contribution in [2.45, 2.75) is 32.2 Å². The number of nitrogens with zero attached hydrogens (tertiary/aromatic N) is 2. The molecule has 0 spiro atoms. The number of nitrogens with two attached hydrogens (primary N) is 1. The molecule has 0 atom stereocenters. The van der Waals surface area contributed by atoms with E-state index in [9.17, 15) is 4.79 Å². The molecule has 0 amide bonds. The molecule has 1 saturated heterocycles. The molecule has 18 heavy (non-hydrogen) atoms. The Morgan fingerprint density at radius 2 is 2.28 bits per heavy atom. The minimum Gasteiger partial charge on any atom is -0.465 e. The Morgan fingerprint density at radius 1 is 1.56 bits per heavy atom. The van der Waals surface area contributed by atoms with Crippen LogP contribution in [0.25, 0.3) is 0 Å². The van der Waals surface area contributed by atoms with Gasteiger partial charge in [-0.2, -0.15) is 0 Å². The van der Waals surface area contributed by atoms with E-state index >= 15 is 0 Å². The number of ether oxygens (including phenoxy) is 1. The fourth-order valence-corrected chi connectivity index (χ4v) is 2.51. The van der Waals surface area contributed by atoms with Crippen molar-refractivity contribution in [2.75, 3.05) is 24.3 Å². The Morgan fingerprint density at radius 3 is 2.83 bits per heavy atom. The largest absolute Gasteiger partial charge is 0.465 e. The number of carbonyl (C=O) groups excluding carboxylic acids is 1. The molecule has 1 aliphatic heterocycles. The number of methoxy groups -OCH3 is 1. The number of esters is 1. The summed E-state index contributed by atoms with van der Waals surface area (Å²) in [6.45, 7) is 5.25. The summed E-state index contributed by atoms with van der Waals surface area (Å²) in [7, 11) is 1.37. The van der Waals surface area contributed by atoms with Gasteiger partial charge in [0.1, 0.15) is 5.82 Å². The molecular weight excluding hydrogens is 230 g/mol. The third kappa shape index (κ3) is 2.12. The standard InChI is InChI=1S/C13H19N3O2/c1-13(2)5-4-6-16(13)10-8-15-11(14)7-9(10)12(17)18-3/h7-8H,4-6H2,1-3H3,(H2,14,15). The van der Waals surface area contributed by atoms with Gasteiger partial charge in [-0.25, -0.2) is 9.78 Å².